The predicted molar refractivity (Wildman–Crippen MR) is 242 cm³/mol. The van der Waals surface area contributed by atoms with Crippen molar-refractivity contribution in [2.24, 2.45) is 4.99 Å². The lowest BCUT2D eigenvalue weighted by Crippen LogP contribution is -2.33. The van der Waals surface area contributed by atoms with Crippen molar-refractivity contribution >= 4 is 61.9 Å². The molecule has 1 heterocycles. The first-order chi connectivity index (χ1) is 27.7. The van der Waals surface area contributed by atoms with Crippen molar-refractivity contribution < 1.29 is 4.57 Å². The highest BCUT2D eigenvalue weighted by Gasteiger charge is 2.23. The first-order valence-corrected chi connectivity index (χ1v) is 20.2. The number of aliphatic imine (C=N–C) groups is 1. The Kier molecular flexibility index (Phi) is 12.0. The second kappa shape index (κ2) is 17.6. The minimum absolute atomic E-state index is 0.664. The number of nitrogens with one attached hydrogen (secondary N) is 3. The first kappa shape index (κ1) is 38.8. The average Bonchev–Trinajstić information content (AvgIpc) is 3.21. The van der Waals surface area contributed by atoms with E-state index in [1.54, 1.807) is 0 Å². The Labute approximate surface area is 337 Å². The Morgan fingerprint density at radius 2 is 1.30 bits per heavy atom. The van der Waals surface area contributed by atoms with Crippen LogP contribution in [0.15, 0.2) is 138 Å². The first-order valence-electron chi connectivity index (χ1n) is 20.2. The van der Waals surface area contributed by atoms with Gasteiger partial charge in [0.15, 0.2) is 5.52 Å². The molecule has 1 aliphatic rings. The monoisotopic (exact) mass is 755 g/mol. The predicted octanol–water partition coefficient (Wildman–Crippen LogP) is 11.0. The number of nitrogens with zero attached hydrogens (tertiary/aromatic N) is 3. The minimum atomic E-state index is 0.664. The van der Waals surface area contributed by atoms with Crippen LogP contribution in [0.1, 0.15) is 62.1 Å². The fourth-order valence-corrected chi connectivity index (χ4v) is 7.40. The van der Waals surface area contributed by atoms with E-state index in [2.05, 4.69) is 102 Å². The molecule has 8 nitrogen and oxygen atoms in total. The summed E-state index contributed by atoms with van der Waals surface area (Å²) in [5, 5.41) is 10.9. The van der Waals surface area contributed by atoms with Gasteiger partial charge in [-0.3, -0.25) is 0 Å². The van der Waals surface area contributed by atoms with Gasteiger partial charge in [-0.25, -0.2) is 9.98 Å². The molecule has 5 aromatic carbocycles. The Balaban J connectivity index is 0.880. The fourth-order valence-electron chi connectivity index (χ4n) is 7.40. The van der Waals surface area contributed by atoms with Gasteiger partial charge < -0.3 is 27.4 Å². The van der Waals surface area contributed by atoms with Gasteiger partial charge in [0, 0.05) is 54.4 Å². The highest BCUT2D eigenvalue weighted by atomic mass is 15.0. The molecule has 290 valence electrons. The maximum atomic E-state index is 6.56. The molecule has 0 fully saturated rings. The summed E-state index contributed by atoms with van der Waals surface area (Å²) in [6.45, 7) is 14.5. The van der Waals surface area contributed by atoms with Crippen LogP contribution in [0.5, 0.6) is 0 Å². The number of unbranched alkanes of at least 4 members (excludes halogenated alkanes) is 5. The van der Waals surface area contributed by atoms with Crippen LogP contribution in [0.3, 0.4) is 0 Å². The number of para-hydroxylation sites is 2. The number of nitrogen functional groups attached to an aromatic ring is 2. The number of hydrogen-bond donors (Lipinski definition) is 5. The van der Waals surface area contributed by atoms with E-state index in [0.717, 1.165) is 116 Å². The zero-order chi connectivity index (χ0) is 39.9. The van der Waals surface area contributed by atoms with Crippen molar-refractivity contribution in [1.82, 2.24) is 10.3 Å². The summed E-state index contributed by atoms with van der Waals surface area (Å²) >= 11 is 0. The average molecular weight is 756 g/mol. The van der Waals surface area contributed by atoms with Crippen LogP contribution in [0.2, 0.25) is 0 Å². The van der Waals surface area contributed by atoms with Crippen molar-refractivity contribution in [2.75, 3.05) is 35.2 Å². The highest BCUT2D eigenvalue weighted by molar-refractivity contribution is 6.14. The topological polar surface area (TPSA) is 117 Å². The largest absolute Gasteiger partial charge is 0.397 e. The summed E-state index contributed by atoms with van der Waals surface area (Å²) in [5.74, 6) is 0. The second-order valence-corrected chi connectivity index (χ2v) is 15.2. The van der Waals surface area contributed by atoms with E-state index in [0.29, 0.717) is 5.69 Å². The molecule has 0 saturated heterocycles. The summed E-state index contributed by atoms with van der Waals surface area (Å²) < 4.78 is 2.28. The smallest absolute Gasteiger partial charge is 0.239 e. The molecule has 0 bridgehead atoms. The molecule has 0 radical (unpaired) electrons. The van der Waals surface area contributed by atoms with Gasteiger partial charge in [0.1, 0.15) is 11.2 Å². The zero-order valence-corrected chi connectivity index (χ0v) is 33.8. The zero-order valence-electron chi connectivity index (χ0n) is 33.8. The molecule has 57 heavy (non-hydrogen) atoms. The SMILES string of the molecule is C=C1C=C(NCCCCCCCCNc2cc3c(cc2C)nc2c(N)c(C)ccc2[n+]3-c2ccccc2)C(C)=CC1=Nc1c(Nc2ccccc2)ccc(C)c1N. The lowest BCUT2D eigenvalue weighted by atomic mass is 9.98. The van der Waals surface area contributed by atoms with E-state index >= 15 is 0 Å². The number of aromatic nitrogens is 2. The number of hydrogen-bond acceptors (Lipinski definition) is 7. The number of nitrogens with two attached hydrogens (primary N) is 2. The quantitative estimate of drug-likeness (QED) is 0.0308. The molecule has 1 aromatic heterocycles. The molecule has 0 saturated carbocycles. The molecule has 7 N–H and O–H groups in total. The van der Waals surface area contributed by atoms with Crippen molar-refractivity contribution in [3.63, 3.8) is 0 Å². The summed E-state index contributed by atoms with van der Waals surface area (Å²) in [7, 11) is 0. The Morgan fingerprint density at radius 1 is 0.649 bits per heavy atom. The van der Waals surface area contributed by atoms with Gasteiger partial charge in [-0.05, 0) is 105 Å². The molecule has 6 aromatic rings. The van der Waals surface area contributed by atoms with E-state index in [4.69, 9.17) is 21.4 Å². The molecule has 0 unspecified atom stereocenters. The number of anilines is 5. The van der Waals surface area contributed by atoms with Gasteiger partial charge in [-0.2, -0.15) is 0 Å². The molecule has 0 aliphatic heterocycles. The number of allylic oxidation sites excluding steroid dienone is 4. The van der Waals surface area contributed by atoms with E-state index in [9.17, 15) is 0 Å². The molecular formula is C49H55N8+. The van der Waals surface area contributed by atoms with Crippen molar-refractivity contribution in [1.29, 1.82) is 0 Å². The molecular weight excluding hydrogens is 701 g/mol. The van der Waals surface area contributed by atoms with Crippen LogP contribution in [0.4, 0.5) is 34.1 Å². The molecule has 8 heteroatoms. The number of benzene rings is 5. The number of aryl methyl sites for hydroxylation is 3. The molecule has 0 atom stereocenters. The van der Waals surface area contributed by atoms with Gasteiger partial charge in [0.25, 0.3) is 0 Å². The van der Waals surface area contributed by atoms with Gasteiger partial charge >= 0.3 is 0 Å². The van der Waals surface area contributed by atoms with Crippen molar-refractivity contribution in [3.05, 3.63) is 149 Å². The Bertz CT molecular complexity index is 2520. The molecule has 0 spiro atoms. The van der Waals surface area contributed by atoms with E-state index in [1.807, 2.05) is 62.4 Å². The minimum Gasteiger partial charge on any atom is -0.397 e. The van der Waals surface area contributed by atoms with Crippen LogP contribution in [-0.4, -0.2) is 23.8 Å². The summed E-state index contributed by atoms with van der Waals surface area (Å²) in [4.78, 5) is 10.1. The second-order valence-electron chi connectivity index (χ2n) is 15.2. The summed E-state index contributed by atoms with van der Waals surface area (Å²) in [5.41, 5.74) is 30.3. The van der Waals surface area contributed by atoms with E-state index < -0.39 is 0 Å². The molecule has 0 amide bonds. The van der Waals surface area contributed by atoms with Gasteiger partial charge in [-0.1, -0.05) is 80.8 Å². The lowest BCUT2D eigenvalue weighted by molar-refractivity contribution is -0.538. The maximum Gasteiger partial charge on any atom is 0.239 e. The lowest BCUT2D eigenvalue weighted by Gasteiger charge is -2.19. The third kappa shape index (κ3) is 8.86. The third-order valence-corrected chi connectivity index (χ3v) is 10.8. The summed E-state index contributed by atoms with van der Waals surface area (Å²) in [6, 6.07) is 33.2. The fraction of sp³-hybridized carbons (Fsp3) is 0.245. The van der Waals surface area contributed by atoms with Gasteiger partial charge in [0.2, 0.25) is 16.7 Å². The Hall–Kier alpha value is -6.41. The van der Waals surface area contributed by atoms with Crippen LogP contribution < -0.4 is 32.0 Å². The maximum absolute atomic E-state index is 6.56. The standard InChI is InChI=1S/C49H54N8/c1-32-22-24-39(54-37-18-12-10-13-19-37)48(46(32)50)55-42-29-34(3)40(28-36(42)5)52-26-16-8-6-7-9-17-27-53-41-31-45-43(30-35(41)4)56-49-44(25-23-33(2)47(49)51)57(45)38-20-14-11-15-21-38/h10-15,18-25,28-31,52,54H,5-9,16-17,26-27,50H2,1-4H3,(H2,51,53)/p+1. The van der Waals surface area contributed by atoms with Crippen LogP contribution in [0, 0.1) is 20.8 Å². The van der Waals surface area contributed by atoms with Crippen LogP contribution in [-0.2, 0) is 0 Å². The van der Waals surface area contributed by atoms with Crippen LogP contribution in [0.25, 0.3) is 27.8 Å². The van der Waals surface area contributed by atoms with Crippen molar-refractivity contribution in [2.45, 2.75) is 66.2 Å². The number of fused-ring (bicyclic) bond motifs is 2. The summed E-state index contributed by atoms with van der Waals surface area (Å²) in [6.07, 6.45) is 11.3. The van der Waals surface area contributed by atoms with Gasteiger partial charge in [-0.15, -0.1) is 4.57 Å². The highest BCUT2D eigenvalue weighted by Crippen LogP contribution is 2.37. The number of rotatable bonds is 15. The van der Waals surface area contributed by atoms with Crippen molar-refractivity contribution in [3.8, 4) is 5.69 Å². The third-order valence-electron chi connectivity index (χ3n) is 10.8. The van der Waals surface area contributed by atoms with Gasteiger partial charge in [0.05, 0.1) is 22.8 Å². The van der Waals surface area contributed by atoms with E-state index in [1.165, 1.54) is 31.2 Å². The molecule has 1 aliphatic carbocycles. The Morgan fingerprint density at radius 3 is 2.04 bits per heavy atom. The molecule has 7 rings (SSSR count). The van der Waals surface area contributed by atoms with Crippen LogP contribution >= 0.6 is 0 Å². The van der Waals surface area contributed by atoms with E-state index in [-0.39, 0.29) is 0 Å². The normalized spacial score (nSPS) is 13.5.